The second kappa shape index (κ2) is 9.07. The van der Waals surface area contributed by atoms with Crippen molar-refractivity contribution in [2.24, 2.45) is 0 Å². The van der Waals surface area contributed by atoms with Gasteiger partial charge in [-0.15, -0.1) is 0 Å². The molecule has 1 aliphatic carbocycles. The van der Waals surface area contributed by atoms with E-state index in [0.29, 0.717) is 22.3 Å². The molecule has 0 N–H and O–H groups in total. The van der Waals surface area contributed by atoms with Gasteiger partial charge in [0.15, 0.2) is 29.0 Å². The highest BCUT2D eigenvalue weighted by molar-refractivity contribution is 6.07. The summed E-state index contributed by atoms with van der Waals surface area (Å²) >= 11 is 0. The van der Waals surface area contributed by atoms with Crippen LogP contribution in [0.4, 0.5) is 23.2 Å². The number of nitriles is 2. The van der Waals surface area contributed by atoms with Gasteiger partial charge < -0.3 is 0 Å². The molecule has 0 saturated heterocycles. The normalized spacial score (nSPS) is 12.4. The molecule has 4 aromatic rings. The van der Waals surface area contributed by atoms with Gasteiger partial charge in [0.2, 0.25) is 0 Å². The maximum Gasteiger partial charge on any atom is 0.270 e. The second-order valence-corrected chi connectivity index (χ2v) is 8.29. The zero-order valence-corrected chi connectivity index (χ0v) is 19.1. The van der Waals surface area contributed by atoms with Crippen LogP contribution in [0.15, 0.2) is 66.4 Å². The largest absolute Gasteiger partial charge is 0.270 e. The lowest BCUT2D eigenvalue weighted by molar-refractivity contribution is 0.509. The number of nitrogens with zero attached hydrogens (tertiary/aromatic N) is 4. The lowest BCUT2D eigenvalue weighted by Crippen LogP contribution is -1.92. The van der Waals surface area contributed by atoms with E-state index in [1.807, 2.05) is 12.1 Å². The topological polar surface area (TPSA) is 56.3 Å². The summed E-state index contributed by atoms with van der Waals surface area (Å²) in [6.07, 6.45) is 0. The maximum absolute atomic E-state index is 14.0. The molecule has 178 valence electrons. The maximum atomic E-state index is 14.0. The van der Waals surface area contributed by atoms with Crippen LogP contribution in [0.1, 0.15) is 16.7 Å². The molecule has 0 bridgehead atoms. The van der Waals surface area contributed by atoms with Crippen molar-refractivity contribution in [1.82, 2.24) is 0 Å². The third kappa shape index (κ3) is 3.66. The zero-order valence-electron chi connectivity index (χ0n) is 19.1. The van der Waals surface area contributed by atoms with Gasteiger partial charge in [-0.25, -0.2) is 32.5 Å². The molecule has 5 rings (SSSR count). The molecular weight excluding hydrogens is 492 g/mol. The minimum atomic E-state index is -1.11. The van der Waals surface area contributed by atoms with Crippen LogP contribution in [-0.2, 0) is 0 Å². The number of fused-ring (bicyclic) bond motifs is 3. The fourth-order valence-electron chi connectivity index (χ4n) is 4.57. The zero-order chi connectivity index (χ0) is 27.1. The molecule has 4 aromatic carbocycles. The van der Waals surface area contributed by atoms with Crippen molar-refractivity contribution >= 4 is 11.3 Å². The minimum absolute atomic E-state index is 0.103. The molecule has 4 nitrogen and oxygen atoms in total. The van der Waals surface area contributed by atoms with Gasteiger partial charge in [0.1, 0.15) is 0 Å². The van der Waals surface area contributed by atoms with Gasteiger partial charge in [-0.1, -0.05) is 18.2 Å². The van der Waals surface area contributed by atoms with Crippen molar-refractivity contribution < 1.29 is 17.6 Å². The van der Waals surface area contributed by atoms with Crippen LogP contribution in [0, 0.1) is 59.1 Å². The molecule has 0 spiro atoms. The summed E-state index contributed by atoms with van der Waals surface area (Å²) in [6, 6.07) is 16.3. The molecule has 0 fully saturated rings. The summed E-state index contributed by atoms with van der Waals surface area (Å²) in [5.74, 6) is -4.33. The van der Waals surface area contributed by atoms with Gasteiger partial charge in [0, 0.05) is 11.1 Å². The van der Waals surface area contributed by atoms with Gasteiger partial charge in [0.05, 0.1) is 30.8 Å². The monoisotopic (exact) mass is 502 g/mol. The Morgan fingerprint density at radius 3 is 1.68 bits per heavy atom. The molecule has 8 heteroatoms. The first-order chi connectivity index (χ1) is 18.3. The van der Waals surface area contributed by atoms with Gasteiger partial charge >= 0.3 is 0 Å². The molecular formula is C30H10F4N4. The Balaban J connectivity index is 1.85. The average molecular weight is 502 g/mol. The summed E-state index contributed by atoms with van der Waals surface area (Å²) in [5.41, 5.74) is 2.76. The van der Waals surface area contributed by atoms with Crippen molar-refractivity contribution in [3.05, 3.63) is 129 Å². The predicted molar refractivity (Wildman–Crippen MR) is 132 cm³/mol. The highest BCUT2D eigenvalue weighted by atomic mass is 19.2. The Kier molecular flexibility index (Phi) is 5.73. The van der Waals surface area contributed by atoms with Crippen molar-refractivity contribution in [3.8, 4) is 45.5 Å². The molecule has 0 atom stereocenters. The fourth-order valence-corrected chi connectivity index (χ4v) is 4.57. The second-order valence-electron chi connectivity index (χ2n) is 8.29. The number of hydrogen-bond donors (Lipinski definition) is 0. The summed E-state index contributed by atoms with van der Waals surface area (Å²) in [6.45, 7) is 15.2. The number of hydrogen-bond acceptors (Lipinski definition) is 2. The highest BCUT2D eigenvalue weighted by Crippen LogP contribution is 2.51. The first-order valence-corrected chi connectivity index (χ1v) is 10.9. The van der Waals surface area contributed by atoms with E-state index in [-0.39, 0.29) is 44.8 Å². The van der Waals surface area contributed by atoms with Crippen molar-refractivity contribution in [3.63, 3.8) is 0 Å². The SMILES string of the molecule is [C-]#[N+]/C(C#N)=C1/c2cc(-c3ccc(F)c(F)c3)c(C#N)cc2-c2cc([N+]#[C-])c(-c3ccc(F)c(F)c3)cc21. The van der Waals surface area contributed by atoms with E-state index < -0.39 is 23.3 Å². The van der Waals surface area contributed by atoms with Crippen molar-refractivity contribution in [2.45, 2.75) is 0 Å². The van der Waals surface area contributed by atoms with Crippen molar-refractivity contribution in [1.29, 1.82) is 10.5 Å². The van der Waals surface area contributed by atoms with E-state index in [2.05, 4.69) is 9.69 Å². The fraction of sp³-hybridized carbons (Fsp3) is 0. The van der Waals surface area contributed by atoms with E-state index in [4.69, 9.17) is 13.1 Å². The highest BCUT2D eigenvalue weighted by Gasteiger charge is 2.30. The van der Waals surface area contributed by atoms with E-state index in [9.17, 15) is 28.1 Å². The number of rotatable bonds is 2. The van der Waals surface area contributed by atoms with Crippen LogP contribution in [-0.4, -0.2) is 0 Å². The lowest BCUT2D eigenvalue weighted by atomic mass is 9.93. The average Bonchev–Trinajstić information content (AvgIpc) is 3.23. The Morgan fingerprint density at radius 1 is 0.632 bits per heavy atom. The van der Waals surface area contributed by atoms with Crippen LogP contribution < -0.4 is 0 Å². The third-order valence-corrected chi connectivity index (χ3v) is 6.28. The molecule has 38 heavy (non-hydrogen) atoms. The third-order valence-electron chi connectivity index (χ3n) is 6.28. The smallest absolute Gasteiger partial charge is 0.237 e. The first-order valence-electron chi connectivity index (χ1n) is 10.9. The Bertz CT molecular complexity index is 1770. The molecule has 0 radical (unpaired) electrons. The Morgan fingerprint density at radius 2 is 1.18 bits per heavy atom. The molecule has 0 unspecified atom stereocenters. The van der Waals surface area contributed by atoms with Crippen LogP contribution >= 0.6 is 0 Å². The molecule has 0 aliphatic heterocycles. The van der Waals surface area contributed by atoms with Crippen LogP contribution in [0.5, 0.6) is 0 Å². The molecule has 0 heterocycles. The molecule has 0 saturated carbocycles. The summed E-state index contributed by atoms with van der Waals surface area (Å²) in [5, 5.41) is 19.6. The summed E-state index contributed by atoms with van der Waals surface area (Å²) in [7, 11) is 0. The van der Waals surface area contributed by atoms with Gasteiger partial charge in [0.25, 0.3) is 5.70 Å². The molecule has 0 aromatic heterocycles. The Labute approximate surface area is 214 Å². The van der Waals surface area contributed by atoms with Crippen LogP contribution in [0.3, 0.4) is 0 Å². The van der Waals surface area contributed by atoms with E-state index in [1.165, 1.54) is 36.4 Å². The summed E-state index contributed by atoms with van der Waals surface area (Å²) in [4.78, 5) is 6.89. The number of allylic oxidation sites excluding steroid dienone is 1. The van der Waals surface area contributed by atoms with Crippen molar-refractivity contribution in [2.75, 3.05) is 0 Å². The predicted octanol–water partition coefficient (Wildman–Crippen LogP) is 8.18. The van der Waals surface area contributed by atoms with E-state index in [0.717, 1.165) is 24.3 Å². The number of halogens is 4. The van der Waals surface area contributed by atoms with E-state index >= 15 is 0 Å². The number of benzene rings is 4. The van der Waals surface area contributed by atoms with Crippen LogP contribution in [0.2, 0.25) is 0 Å². The standard InChI is InChI=1S/C30H10F4N4/c1-37-28-12-21-20-7-17(13-35)18(15-3-5-24(31)26(33)8-15)10-22(20)30(29(14-36)38-2)23(21)11-19(28)16-4-6-25(32)27(34)9-16/h3-12H/b30-29-. The van der Waals surface area contributed by atoms with Crippen LogP contribution in [0.25, 0.3) is 48.6 Å². The van der Waals surface area contributed by atoms with Gasteiger partial charge in [-0.3, -0.25) is 0 Å². The molecule has 0 amide bonds. The summed E-state index contributed by atoms with van der Waals surface area (Å²) < 4.78 is 55.2. The minimum Gasteiger partial charge on any atom is -0.237 e. The van der Waals surface area contributed by atoms with E-state index in [1.54, 1.807) is 0 Å². The quantitative estimate of drug-likeness (QED) is 0.139. The van der Waals surface area contributed by atoms with Gasteiger partial charge in [-0.2, -0.15) is 5.26 Å². The first kappa shape index (κ1) is 24.0. The lowest BCUT2D eigenvalue weighted by Gasteiger charge is -2.10. The Hall–Kier alpha value is -5.70. The molecule has 1 aliphatic rings. The van der Waals surface area contributed by atoms with Gasteiger partial charge in [-0.05, 0) is 81.4 Å².